The van der Waals surface area contributed by atoms with Crippen molar-refractivity contribution in [3.8, 4) is 5.69 Å². The summed E-state index contributed by atoms with van der Waals surface area (Å²) in [4.78, 5) is 12.8. The molecule has 0 unspecified atom stereocenters. The summed E-state index contributed by atoms with van der Waals surface area (Å²) >= 11 is 2.25. The summed E-state index contributed by atoms with van der Waals surface area (Å²) in [5, 5.41) is 8.31. The summed E-state index contributed by atoms with van der Waals surface area (Å²) < 4.78 is 2.68. The third-order valence-electron chi connectivity index (χ3n) is 3.44. The van der Waals surface area contributed by atoms with Crippen molar-refractivity contribution in [3.05, 3.63) is 77.4 Å². The molecule has 0 amide bonds. The fourth-order valence-corrected chi connectivity index (χ4v) is 2.91. The van der Waals surface area contributed by atoms with Gasteiger partial charge in [-0.3, -0.25) is 9.36 Å². The van der Waals surface area contributed by atoms with E-state index in [0.29, 0.717) is 11.1 Å². The maximum Gasteiger partial charge on any atom is 0.195 e. The van der Waals surface area contributed by atoms with Gasteiger partial charge in [0.25, 0.3) is 0 Å². The zero-order valence-corrected chi connectivity index (χ0v) is 14.2. The van der Waals surface area contributed by atoms with Gasteiger partial charge in [0, 0.05) is 11.1 Å². The molecule has 0 aliphatic rings. The standard InChI is InChI=1S/C17H14IN3O/c1-12-19-20-16(11-18)21(12)15-10-6-5-9-14(15)17(22)13-7-3-2-4-8-13/h2-10H,11H2,1H3. The topological polar surface area (TPSA) is 47.8 Å². The van der Waals surface area contributed by atoms with Crippen molar-refractivity contribution < 1.29 is 4.79 Å². The number of hydrogen-bond acceptors (Lipinski definition) is 3. The smallest absolute Gasteiger partial charge is 0.195 e. The van der Waals surface area contributed by atoms with E-state index in [4.69, 9.17) is 0 Å². The molecule has 0 aliphatic heterocycles. The molecule has 22 heavy (non-hydrogen) atoms. The second-order valence-corrected chi connectivity index (χ2v) is 5.61. The van der Waals surface area contributed by atoms with Crippen LogP contribution in [0.5, 0.6) is 0 Å². The number of nitrogens with zero attached hydrogens (tertiary/aromatic N) is 3. The van der Waals surface area contributed by atoms with E-state index < -0.39 is 0 Å². The van der Waals surface area contributed by atoms with Crippen LogP contribution in [0.15, 0.2) is 54.6 Å². The highest BCUT2D eigenvalue weighted by molar-refractivity contribution is 14.1. The first-order chi connectivity index (χ1) is 10.7. The van der Waals surface area contributed by atoms with Gasteiger partial charge in [-0.25, -0.2) is 0 Å². The number of ketones is 1. The number of aromatic nitrogens is 3. The van der Waals surface area contributed by atoms with Crippen molar-refractivity contribution in [2.45, 2.75) is 11.4 Å². The molecule has 0 bridgehead atoms. The Hall–Kier alpha value is -2.02. The van der Waals surface area contributed by atoms with Crippen LogP contribution < -0.4 is 0 Å². The summed E-state index contributed by atoms with van der Waals surface area (Å²) in [7, 11) is 0. The molecular formula is C17H14IN3O. The largest absolute Gasteiger partial charge is 0.289 e. The molecule has 1 aromatic heterocycles. The maximum atomic E-state index is 12.8. The first-order valence-corrected chi connectivity index (χ1v) is 8.41. The predicted octanol–water partition coefficient (Wildman–Crippen LogP) is 3.74. The van der Waals surface area contributed by atoms with Crippen molar-refractivity contribution in [2.24, 2.45) is 0 Å². The van der Waals surface area contributed by atoms with Crippen LogP contribution in [-0.4, -0.2) is 20.5 Å². The van der Waals surface area contributed by atoms with Crippen LogP contribution in [0.25, 0.3) is 5.69 Å². The lowest BCUT2D eigenvalue weighted by molar-refractivity contribution is 0.103. The van der Waals surface area contributed by atoms with Crippen LogP contribution in [0.3, 0.4) is 0 Å². The Balaban J connectivity index is 2.15. The highest BCUT2D eigenvalue weighted by Gasteiger charge is 2.18. The maximum absolute atomic E-state index is 12.8. The van der Waals surface area contributed by atoms with Gasteiger partial charge in [-0.1, -0.05) is 65.1 Å². The molecule has 0 aliphatic carbocycles. The van der Waals surface area contributed by atoms with Gasteiger partial charge in [0.2, 0.25) is 0 Å². The third kappa shape index (κ3) is 2.68. The van der Waals surface area contributed by atoms with Crippen LogP contribution in [-0.2, 0) is 4.43 Å². The molecule has 0 saturated heterocycles. The molecule has 5 heteroatoms. The minimum atomic E-state index is 0.00343. The van der Waals surface area contributed by atoms with E-state index in [-0.39, 0.29) is 5.78 Å². The van der Waals surface area contributed by atoms with Gasteiger partial charge < -0.3 is 0 Å². The van der Waals surface area contributed by atoms with Crippen LogP contribution in [0.4, 0.5) is 0 Å². The molecule has 0 spiro atoms. The normalized spacial score (nSPS) is 10.6. The van der Waals surface area contributed by atoms with E-state index in [1.807, 2.05) is 66.1 Å². The number of halogens is 1. The Bertz CT molecular complexity index is 812. The van der Waals surface area contributed by atoms with Gasteiger partial charge in [-0.05, 0) is 19.1 Å². The van der Waals surface area contributed by atoms with Gasteiger partial charge in [-0.2, -0.15) is 0 Å². The molecule has 3 rings (SSSR count). The Kier molecular flexibility index (Phi) is 4.33. The van der Waals surface area contributed by atoms with E-state index in [1.165, 1.54) is 0 Å². The lowest BCUT2D eigenvalue weighted by atomic mass is 10.0. The number of aryl methyl sites for hydroxylation is 1. The Morgan fingerprint density at radius 1 is 1.05 bits per heavy atom. The van der Waals surface area contributed by atoms with Gasteiger partial charge in [-0.15, -0.1) is 10.2 Å². The molecule has 0 saturated carbocycles. The molecule has 3 aromatic rings. The molecule has 0 fully saturated rings. The van der Waals surface area contributed by atoms with Crippen molar-refractivity contribution in [1.82, 2.24) is 14.8 Å². The molecule has 4 nitrogen and oxygen atoms in total. The monoisotopic (exact) mass is 403 g/mol. The minimum absolute atomic E-state index is 0.00343. The molecule has 0 N–H and O–H groups in total. The van der Waals surface area contributed by atoms with E-state index >= 15 is 0 Å². The zero-order valence-electron chi connectivity index (χ0n) is 12.0. The first kappa shape index (κ1) is 14.9. The second-order valence-electron chi connectivity index (χ2n) is 4.84. The van der Waals surface area contributed by atoms with Crippen LogP contribution in [0, 0.1) is 6.92 Å². The summed E-state index contributed by atoms with van der Waals surface area (Å²) in [5.41, 5.74) is 2.16. The second kappa shape index (κ2) is 6.39. The van der Waals surface area contributed by atoms with Crippen LogP contribution in [0.2, 0.25) is 0 Å². The van der Waals surface area contributed by atoms with Crippen molar-refractivity contribution in [1.29, 1.82) is 0 Å². The van der Waals surface area contributed by atoms with Gasteiger partial charge >= 0.3 is 0 Å². The number of benzene rings is 2. The fourth-order valence-electron chi connectivity index (χ4n) is 2.41. The van der Waals surface area contributed by atoms with E-state index in [9.17, 15) is 4.79 Å². The number of para-hydroxylation sites is 1. The number of alkyl halides is 1. The lowest BCUT2D eigenvalue weighted by Gasteiger charge is -2.12. The Labute approximate surface area is 142 Å². The highest BCUT2D eigenvalue weighted by Crippen LogP contribution is 2.22. The Morgan fingerprint density at radius 2 is 1.73 bits per heavy atom. The number of carbonyl (C=O) groups excluding carboxylic acids is 1. The number of carbonyl (C=O) groups is 1. The fraction of sp³-hybridized carbons (Fsp3) is 0.118. The van der Waals surface area contributed by atoms with Crippen molar-refractivity contribution >= 4 is 28.4 Å². The van der Waals surface area contributed by atoms with Gasteiger partial charge in [0.15, 0.2) is 5.78 Å². The predicted molar refractivity (Wildman–Crippen MR) is 93.7 cm³/mol. The molecule has 2 aromatic carbocycles. The lowest BCUT2D eigenvalue weighted by Crippen LogP contribution is -2.10. The third-order valence-corrected chi connectivity index (χ3v) is 4.12. The number of rotatable bonds is 4. The summed E-state index contributed by atoms with van der Waals surface area (Å²) in [5.74, 6) is 1.62. The van der Waals surface area contributed by atoms with E-state index in [2.05, 4.69) is 32.8 Å². The summed E-state index contributed by atoms with van der Waals surface area (Å²) in [6, 6.07) is 16.9. The van der Waals surface area contributed by atoms with Crippen molar-refractivity contribution in [3.63, 3.8) is 0 Å². The van der Waals surface area contributed by atoms with Crippen LogP contribution in [0.1, 0.15) is 27.6 Å². The SMILES string of the molecule is Cc1nnc(CI)n1-c1ccccc1C(=O)c1ccccc1. The molecule has 0 radical (unpaired) electrons. The van der Waals surface area contributed by atoms with Crippen molar-refractivity contribution in [2.75, 3.05) is 0 Å². The quantitative estimate of drug-likeness (QED) is 0.379. The van der Waals surface area contributed by atoms with E-state index in [0.717, 1.165) is 21.8 Å². The Morgan fingerprint density at radius 3 is 2.45 bits per heavy atom. The van der Waals surface area contributed by atoms with Crippen LogP contribution >= 0.6 is 22.6 Å². The summed E-state index contributed by atoms with van der Waals surface area (Å²) in [6.45, 7) is 1.90. The van der Waals surface area contributed by atoms with E-state index in [1.54, 1.807) is 0 Å². The zero-order chi connectivity index (χ0) is 15.5. The van der Waals surface area contributed by atoms with Gasteiger partial charge in [0.05, 0.1) is 10.1 Å². The molecule has 1 heterocycles. The van der Waals surface area contributed by atoms with Gasteiger partial charge in [0.1, 0.15) is 11.6 Å². The minimum Gasteiger partial charge on any atom is -0.289 e. The molecule has 0 atom stereocenters. The summed E-state index contributed by atoms with van der Waals surface area (Å²) in [6.07, 6.45) is 0. The average molecular weight is 403 g/mol. The first-order valence-electron chi connectivity index (χ1n) is 6.88. The molecular weight excluding hydrogens is 389 g/mol. The highest BCUT2D eigenvalue weighted by atomic mass is 127. The number of hydrogen-bond donors (Lipinski definition) is 0. The molecule has 110 valence electrons. The average Bonchev–Trinajstić information content (AvgIpc) is 2.95.